The second kappa shape index (κ2) is 8.36. The minimum absolute atomic E-state index is 0.203. The second-order valence-corrected chi connectivity index (χ2v) is 9.02. The van der Waals surface area contributed by atoms with Gasteiger partial charge in [0.15, 0.2) is 0 Å². The number of aryl methyl sites for hydroxylation is 1. The summed E-state index contributed by atoms with van der Waals surface area (Å²) in [5, 5.41) is 14.9. The van der Waals surface area contributed by atoms with Crippen molar-refractivity contribution in [2.45, 2.75) is 50.7 Å². The normalized spacial score (nSPS) is 26.8. The van der Waals surface area contributed by atoms with E-state index in [-0.39, 0.29) is 11.8 Å². The van der Waals surface area contributed by atoms with Crippen molar-refractivity contribution in [1.82, 2.24) is 25.2 Å². The highest BCUT2D eigenvalue weighted by molar-refractivity contribution is 5.93. The molecule has 9 nitrogen and oxygen atoms in total. The Balaban J connectivity index is 1.27. The standard InChI is InChI=1S/C23H28N8O/c1-14-7-16(11-27-21(14)22(32)25-2)28-23-26-6-5-20(29-23)30-12-17-3-4-18(13-30)31(17)19-8-15(9-19)10-24/h5-7,11,15,17-19H,3-4,8-9,12-13H2,1-2H3,(H,25,32)(H,26,28,29)/t15?,17-,18+,19?. The number of piperazine rings is 1. The molecule has 2 bridgehead atoms. The Kier molecular flexibility index (Phi) is 5.39. The van der Waals surface area contributed by atoms with E-state index in [2.05, 4.69) is 36.5 Å². The Morgan fingerprint density at radius 2 is 1.94 bits per heavy atom. The number of hydrogen-bond donors (Lipinski definition) is 2. The Morgan fingerprint density at radius 3 is 2.59 bits per heavy atom. The second-order valence-electron chi connectivity index (χ2n) is 9.02. The highest BCUT2D eigenvalue weighted by atomic mass is 16.1. The molecule has 5 rings (SSSR count). The molecule has 3 fully saturated rings. The first kappa shape index (κ1) is 20.6. The van der Waals surface area contributed by atoms with Gasteiger partial charge in [-0.3, -0.25) is 9.69 Å². The van der Waals surface area contributed by atoms with Crippen LogP contribution in [0.4, 0.5) is 17.5 Å². The zero-order chi connectivity index (χ0) is 22.2. The number of hydrogen-bond acceptors (Lipinski definition) is 8. The number of anilines is 3. The number of aromatic nitrogens is 3. The Hall–Kier alpha value is -3.25. The molecule has 0 aromatic carbocycles. The molecule has 2 aromatic rings. The van der Waals surface area contributed by atoms with Crippen LogP contribution < -0.4 is 15.5 Å². The number of nitriles is 1. The van der Waals surface area contributed by atoms with Gasteiger partial charge in [-0.15, -0.1) is 0 Å². The van der Waals surface area contributed by atoms with Gasteiger partial charge in [-0.2, -0.15) is 10.2 Å². The van der Waals surface area contributed by atoms with Gasteiger partial charge in [0.25, 0.3) is 5.91 Å². The van der Waals surface area contributed by atoms with Crippen LogP contribution in [0.1, 0.15) is 41.7 Å². The van der Waals surface area contributed by atoms with Crippen LogP contribution in [-0.2, 0) is 0 Å². The van der Waals surface area contributed by atoms with E-state index in [1.165, 1.54) is 12.8 Å². The molecule has 1 saturated carbocycles. The van der Waals surface area contributed by atoms with Crippen molar-refractivity contribution in [3.8, 4) is 6.07 Å². The highest BCUT2D eigenvalue weighted by Crippen LogP contribution is 2.41. The fraction of sp³-hybridized carbons (Fsp3) is 0.522. The highest BCUT2D eigenvalue weighted by Gasteiger charge is 2.47. The number of nitrogens with one attached hydrogen (secondary N) is 2. The third-order valence-corrected chi connectivity index (χ3v) is 7.00. The largest absolute Gasteiger partial charge is 0.354 e. The van der Waals surface area contributed by atoms with Crippen molar-refractivity contribution in [3.63, 3.8) is 0 Å². The summed E-state index contributed by atoms with van der Waals surface area (Å²) in [6.07, 6.45) is 7.89. The van der Waals surface area contributed by atoms with E-state index < -0.39 is 0 Å². The molecule has 166 valence electrons. The van der Waals surface area contributed by atoms with E-state index >= 15 is 0 Å². The van der Waals surface area contributed by atoms with Gasteiger partial charge >= 0.3 is 0 Å². The van der Waals surface area contributed by atoms with Crippen molar-refractivity contribution in [3.05, 3.63) is 35.8 Å². The monoisotopic (exact) mass is 432 g/mol. The van der Waals surface area contributed by atoms with Gasteiger partial charge < -0.3 is 15.5 Å². The van der Waals surface area contributed by atoms with Crippen LogP contribution in [0, 0.1) is 24.2 Å². The van der Waals surface area contributed by atoms with E-state index in [0.717, 1.165) is 43.0 Å². The van der Waals surface area contributed by atoms with Crippen LogP contribution in [0.5, 0.6) is 0 Å². The number of fused-ring (bicyclic) bond motifs is 2. The third-order valence-electron chi connectivity index (χ3n) is 7.00. The molecule has 32 heavy (non-hydrogen) atoms. The number of carbonyl (C=O) groups is 1. The molecule has 0 radical (unpaired) electrons. The van der Waals surface area contributed by atoms with Gasteiger partial charge in [-0.1, -0.05) is 0 Å². The molecule has 2 N–H and O–H groups in total. The van der Waals surface area contributed by atoms with Crippen LogP contribution in [0.3, 0.4) is 0 Å². The van der Waals surface area contributed by atoms with Gasteiger partial charge in [0.05, 0.1) is 18.0 Å². The van der Waals surface area contributed by atoms with Gasteiger partial charge in [0, 0.05) is 50.4 Å². The lowest BCUT2D eigenvalue weighted by Crippen LogP contribution is -2.60. The van der Waals surface area contributed by atoms with E-state index in [0.29, 0.717) is 29.8 Å². The van der Waals surface area contributed by atoms with Crippen LogP contribution in [0.25, 0.3) is 0 Å². The van der Waals surface area contributed by atoms with Crippen LogP contribution >= 0.6 is 0 Å². The van der Waals surface area contributed by atoms with E-state index in [9.17, 15) is 4.79 Å². The first-order valence-corrected chi connectivity index (χ1v) is 11.3. The number of rotatable bonds is 5. The summed E-state index contributed by atoms with van der Waals surface area (Å²) in [4.78, 5) is 30.3. The maximum absolute atomic E-state index is 11.9. The van der Waals surface area contributed by atoms with Gasteiger partial charge in [0.1, 0.15) is 11.5 Å². The molecule has 2 saturated heterocycles. The van der Waals surface area contributed by atoms with E-state index in [1.807, 2.05) is 19.1 Å². The quantitative estimate of drug-likeness (QED) is 0.740. The number of pyridine rings is 1. The van der Waals surface area contributed by atoms with Gasteiger partial charge in [0.2, 0.25) is 5.95 Å². The van der Waals surface area contributed by atoms with E-state index in [1.54, 1.807) is 19.4 Å². The molecule has 0 unspecified atom stereocenters. The summed E-state index contributed by atoms with van der Waals surface area (Å²) in [6, 6.07) is 7.90. The number of nitrogens with zero attached hydrogens (tertiary/aromatic N) is 6. The van der Waals surface area contributed by atoms with Crippen molar-refractivity contribution in [1.29, 1.82) is 5.26 Å². The molecule has 2 aliphatic heterocycles. The summed E-state index contributed by atoms with van der Waals surface area (Å²) in [5.74, 6) is 1.49. The fourth-order valence-corrected chi connectivity index (χ4v) is 5.37. The Morgan fingerprint density at radius 1 is 1.19 bits per heavy atom. The molecular weight excluding hydrogens is 404 g/mol. The first-order chi connectivity index (χ1) is 15.6. The van der Waals surface area contributed by atoms with Crippen LogP contribution in [0.2, 0.25) is 0 Å². The van der Waals surface area contributed by atoms with Gasteiger partial charge in [-0.05, 0) is 50.3 Å². The lowest BCUT2D eigenvalue weighted by Gasteiger charge is -2.49. The minimum atomic E-state index is -0.203. The van der Waals surface area contributed by atoms with Crippen molar-refractivity contribution < 1.29 is 4.79 Å². The van der Waals surface area contributed by atoms with Crippen LogP contribution in [-0.4, -0.2) is 64.0 Å². The molecule has 4 heterocycles. The molecule has 9 heteroatoms. The molecule has 1 amide bonds. The lowest BCUT2D eigenvalue weighted by atomic mass is 9.79. The number of amides is 1. The third kappa shape index (κ3) is 3.75. The summed E-state index contributed by atoms with van der Waals surface area (Å²) < 4.78 is 0. The van der Waals surface area contributed by atoms with Crippen LogP contribution in [0.15, 0.2) is 24.5 Å². The number of carbonyl (C=O) groups excluding carboxylic acids is 1. The fourth-order valence-electron chi connectivity index (χ4n) is 5.37. The summed E-state index contributed by atoms with van der Waals surface area (Å²) >= 11 is 0. The Labute approximate surface area is 187 Å². The predicted octanol–water partition coefficient (Wildman–Crippen LogP) is 2.24. The zero-order valence-electron chi connectivity index (χ0n) is 18.5. The van der Waals surface area contributed by atoms with Gasteiger partial charge in [-0.25, -0.2) is 9.97 Å². The molecule has 3 aliphatic rings. The average molecular weight is 433 g/mol. The topological polar surface area (TPSA) is 110 Å². The lowest BCUT2D eigenvalue weighted by molar-refractivity contribution is 0.0437. The minimum Gasteiger partial charge on any atom is -0.354 e. The first-order valence-electron chi connectivity index (χ1n) is 11.3. The zero-order valence-corrected chi connectivity index (χ0v) is 18.5. The van der Waals surface area contributed by atoms with Crippen molar-refractivity contribution in [2.75, 3.05) is 30.4 Å². The summed E-state index contributed by atoms with van der Waals surface area (Å²) in [7, 11) is 1.59. The van der Waals surface area contributed by atoms with Crippen molar-refractivity contribution >= 4 is 23.4 Å². The SMILES string of the molecule is CNC(=O)c1ncc(Nc2nccc(N3C[C@H]4CC[C@@H](C3)N4C3CC(C#N)C3)n2)cc1C. The molecule has 2 atom stereocenters. The average Bonchev–Trinajstić information content (AvgIpc) is 3.01. The maximum Gasteiger partial charge on any atom is 0.269 e. The molecule has 2 aromatic heterocycles. The molecule has 0 spiro atoms. The smallest absolute Gasteiger partial charge is 0.269 e. The summed E-state index contributed by atoms with van der Waals surface area (Å²) in [6.45, 7) is 3.78. The predicted molar refractivity (Wildman–Crippen MR) is 121 cm³/mol. The molecular formula is C23H28N8O. The molecule has 1 aliphatic carbocycles. The van der Waals surface area contributed by atoms with E-state index in [4.69, 9.17) is 10.2 Å². The Bertz CT molecular complexity index is 1050. The summed E-state index contributed by atoms with van der Waals surface area (Å²) in [5.41, 5.74) is 1.94. The maximum atomic E-state index is 11.9. The van der Waals surface area contributed by atoms with Crippen molar-refractivity contribution in [2.24, 2.45) is 5.92 Å².